The van der Waals surface area contributed by atoms with Crippen LogP contribution in [0, 0.1) is 20.8 Å². The van der Waals surface area contributed by atoms with Crippen molar-refractivity contribution >= 4 is 22.8 Å². The highest BCUT2D eigenvalue weighted by Gasteiger charge is 2.10. The van der Waals surface area contributed by atoms with Crippen molar-refractivity contribution in [1.82, 2.24) is 19.9 Å². The number of aromatic nitrogens is 4. The van der Waals surface area contributed by atoms with Gasteiger partial charge in [0.05, 0.1) is 24.0 Å². The van der Waals surface area contributed by atoms with Crippen molar-refractivity contribution in [3.63, 3.8) is 0 Å². The van der Waals surface area contributed by atoms with E-state index in [-0.39, 0.29) is 11.5 Å². The number of nitrogens with zero attached hydrogens (tertiary/aromatic N) is 3. The van der Waals surface area contributed by atoms with Crippen LogP contribution in [0.2, 0.25) is 0 Å². The Labute approximate surface area is 167 Å². The van der Waals surface area contributed by atoms with E-state index in [0.29, 0.717) is 17.4 Å². The van der Waals surface area contributed by atoms with Gasteiger partial charge in [-0.05, 0) is 44.5 Å². The molecule has 0 atom stereocenters. The van der Waals surface area contributed by atoms with E-state index in [9.17, 15) is 4.79 Å². The molecule has 0 amide bonds. The zero-order chi connectivity index (χ0) is 20.5. The highest BCUT2D eigenvalue weighted by atomic mass is 16.5. The summed E-state index contributed by atoms with van der Waals surface area (Å²) >= 11 is 0. The molecule has 4 aromatic rings. The van der Waals surface area contributed by atoms with Crippen LogP contribution >= 0.6 is 0 Å². The van der Waals surface area contributed by atoms with Gasteiger partial charge in [0.15, 0.2) is 0 Å². The number of aromatic amines is 1. The van der Waals surface area contributed by atoms with E-state index in [2.05, 4.69) is 44.3 Å². The lowest BCUT2D eigenvalue weighted by atomic mass is 10.1. The van der Waals surface area contributed by atoms with E-state index in [1.54, 1.807) is 7.11 Å². The highest BCUT2D eigenvalue weighted by Crippen LogP contribution is 2.24. The molecule has 0 aliphatic heterocycles. The quantitative estimate of drug-likeness (QED) is 0.549. The van der Waals surface area contributed by atoms with E-state index >= 15 is 0 Å². The highest BCUT2D eigenvalue weighted by molar-refractivity contribution is 5.85. The summed E-state index contributed by atoms with van der Waals surface area (Å²) in [6.45, 7) is 6.02. The summed E-state index contributed by atoms with van der Waals surface area (Å²) in [5.74, 6) is 1.35. The smallest absolute Gasteiger partial charge is 0.252 e. The molecule has 0 unspecified atom stereocenters. The van der Waals surface area contributed by atoms with Gasteiger partial charge in [-0.15, -0.1) is 0 Å². The average molecular weight is 387 g/mol. The molecule has 0 bridgehead atoms. The summed E-state index contributed by atoms with van der Waals surface area (Å²) in [5.41, 5.74) is 5.00. The molecule has 146 valence electrons. The molecule has 2 heterocycles. The summed E-state index contributed by atoms with van der Waals surface area (Å²) in [7, 11) is 1.60. The fraction of sp³-hybridized carbons (Fsp3) is 0.182. The summed E-state index contributed by atoms with van der Waals surface area (Å²) in [6.07, 6.45) is 0. The van der Waals surface area contributed by atoms with Crippen molar-refractivity contribution in [2.24, 2.45) is 0 Å². The molecular weight excluding hydrogens is 366 g/mol. The van der Waals surface area contributed by atoms with Gasteiger partial charge in [-0.2, -0.15) is 0 Å². The van der Waals surface area contributed by atoms with E-state index < -0.39 is 0 Å². The van der Waals surface area contributed by atoms with Gasteiger partial charge in [-0.1, -0.05) is 23.8 Å². The Balaban J connectivity index is 1.75. The zero-order valence-corrected chi connectivity index (χ0v) is 16.7. The summed E-state index contributed by atoms with van der Waals surface area (Å²) < 4.78 is 5.26. The minimum Gasteiger partial charge on any atom is -0.497 e. The van der Waals surface area contributed by atoms with Crippen molar-refractivity contribution < 1.29 is 4.74 Å². The maximum atomic E-state index is 12.2. The van der Waals surface area contributed by atoms with Crippen LogP contribution in [0.4, 0.5) is 11.9 Å². The van der Waals surface area contributed by atoms with Crippen LogP contribution in [-0.4, -0.2) is 27.0 Å². The van der Waals surface area contributed by atoms with E-state index in [1.165, 1.54) is 11.6 Å². The van der Waals surface area contributed by atoms with Gasteiger partial charge in [-0.25, -0.2) is 15.0 Å². The second-order valence-corrected chi connectivity index (χ2v) is 6.95. The molecule has 2 aromatic heterocycles. The Hall–Kier alpha value is -3.74. The summed E-state index contributed by atoms with van der Waals surface area (Å²) in [6, 6.07) is 13.0. The molecule has 7 heteroatoms. The molecule has 2 N–H and O–H groups in total. The number of aryl methyl sites for hydroxylation is 3. The second kappa shape index (κ2) is 7.35. The molecule has 7 nitrogen and oxygen atoms in total. The zero-order valence-electron chi connectivity index (χ0n) is 16.7. The Morgan fingerprint density at radius 2 is 1.83 bits per heavy atom. The largest absolute Gasteiger partial charge is 0.497 e. The summed E-state index contributed by atoms with van der Waals surface area (Å²) in [5, 5.41) is 4.05. The number of ether oxygens (including phenoxy) is 1. The Morgan fingerprint density at radius 3 is 2.62 bits per heavy atom. The number of fused-ring (bicyclic) bond motifs is 1. The van der Waals surface area contributed by atoms with Crippen LogP contribution in [0.3, 0.4) is 0 Å². The predicted molar refractivity (Wildman–Crippen MR) is 114 cm³/mol. The third-order valence-corrected chi connectivity index (χ3v) is 4.66. The van der Waals surface area contributed by atoms with Gasteiger partial charge in [0.25, 0.3) is 5.56 Å². The lowest BCUT2D eigenvalue weighted by molar-refractivity contribution is 0.415. The molecule has 29 heavy (non-hydrogen) atoms. The maximum absolute atomic E-state index is 12.2. The van der Waals surface area contributed by atoms with Crippen molar-refractivity contribution in [3.05, 3.63) is 69.6 Å². The Morgan fingerprint density at radius 1 is 1.00 bits per heavy atom. The third-order valence-electron chi connectivity index (χ3n) is 4.66. The minimum atomic E-state index is -0.273. The van der Waals surface area contributed by atoms with E-state index in [4.69, 9.17) is 4.74 Å². The molecule has 0 aliphatic carbocycles. The van der Waals surface area contributed by atoms with Crippen LogP contribution in [-0.2, 0) is 0 Å². The maximum Gasteiger partial charge on any atom is 0.252 e. The van der Waals surface area contributed by atoms with Crippen molar-refractivity contribution in [3.8, 4) is 17.0 Å². The molecule has 0 radical (unpaired) electrons. The van der Waals surface area contributed by atoms with Crippen molar-refractivity contribution in [2.75, 3.05) is 12.4 Å². The van der Waals surface area contributed by atoms with E-state index in [1.807, 2.05) is 38.1 Å². The number of hydrogen-bond donors (Lipinski definition) is 2. The third kappa shape index (κ3) is 3.80. The van der Waals surface area contributed by atoms with Gasteiger partial charge in [0, 0.05) is 17.0 Å². The van der Waals surface area contributed by atoms with Gasteiger partial charge in [0.2, 0.25) is 11.9 Å². The SMILES string of the molecule is COc1cccc(-c2cc(=O)[nH]c(Nc3nc(C)c4cc(C)cc(C)c4n3)n2)c1. The number of H-pyrrole nitrogens is 1. The number of hydrogen-bond acceptors (Lipinski definition) is 6. The number of nitrogens with one attached hydrogen (secondary N) is 2. The van der Waals surface area contributed by atoms with Crippen LogP contribution in [0.5, 0.6) is 5.75 Å². The van der Waals surface area contributed by atoms with E-state index in [0.717, 1.165) is 27.7 Å². The number of anilines is 2. The second-order valence-electron chi connectivity index (χ2n) is 6.95. The Kier molecular flexibility index (Phi) is 4.72. The van der Waals surface area contributed by atoms with Crippen molar-refractivity contribution in [2.45, 2.75) is 20.8 Å². The molecule has 0 spiro atoms. The first kappa shape index (κ1) is 18.6. The molecular formula is C22H21N5O2. The van der Waals surface area contributed by atoms with Gasteiger partial charge in [-0.3, -0.25) is 15.1 Å². The molecule has 0 fully saturated rings. The number of benzene rings is 2. The van der Waals surface area contributed by atoms with Crippen LogP contribution in [0.15, 0.2) is 47.3 Å². The van der Waals surface area contributed by atoms with Crippen LogP contribution in [0.1, 0.15) is 16.8 Å². The standard InChI is InChI=1S/C22H21N5O2/c1-12-8-13(2)20-17(9-12)14(3)23-21(26-20)27-22-24-18(11-19(28)25-22)15-6-5-7-16(10-15)29-4/h5-11H,1-4H3,(H2,23,24,25,26,27,28). The monoisotopic (exact) mass is 387 g/mol. The number of rotatable bonds is 4. The lowest BCUT2D eigenvalue weighted by Gasteiger charge is -2.11. The topological polar surface area (TPSA) is 92.8 Å². The molecule has 0 aliphatic rings. The lowest BCUT2D eigenvalue weighted by Crippen LogP contribution is -2.12. The first-order chi connectivity index (χ1) is 13.9. The first-order valence-electron chi connectivity index (χ1n) is 9.21. The first-order valence-corrected chi connectivity index (χ1v) is 9.21. The van der Waals surface area contributed by atoms with Gasteiger partial charge >= 0.3 is 0 Å². The average Bonchev–Trinajstić information content (AvgIpc) is 2.68. The molecule has 0 saturated heterocycles. The van der Waals surface area contributed by atoms with Gasteiger partial charge < -0.3 is 4.74 Å². The van der Waals surface area contributed by atoms with Gasteiger partial charge in [0.1, 0.15) is 5.75 Å². The van der Waals surface area contributed by atoms with Crippen molar-refractivity contribution in [1.29, 1.82) is 0 Å². The molecule has 0 saturated carbocycles. The fourth-order valence-electron chi connectivity index (χ4n) is 3.34. The minimum absolute atomic E-state index is 0.273. The fourth-order valence-corrected chi connectivity index (χ4v) is 3.34. The normalized spacial score (nSPS) is 10.9. The summed E-state index contributed by atoms with van der Waals surface area (Å²) in [4.78, 5) is 28.6. The Bertz CT molecular complexity index is 1280. The predicted octanol–water partition coefficient (Wildman–Crippen LogP) is 4.06. The molecule has 4 rings (SSSR count). The number of methoxy groups -OCH3 is 1. The molecule has 2 aromatic carbocycles. The van der Waals surface area contributed by atoms with Crippen LogP contribution in [0.25, 0.3) is 22.2 Å². The van der Waals surface area contributed by atoms with Crippen LogP contribution < -0.4 is 15.6 Å².